The summed E-state index contributed by atoms with van der Waals surface area (Å²) in [5.74, 6) is 0.145. The van der Waals surface area contributed by atoms with Gasteiger partial charge in [-0.15, -0.1) is 0 Å². The van der Waals surface area contributed by atoms with Gasteiger partial charge in [0.25, 0.3) is 5.56 Å². The Morgan fingerprint density at radius 1 is 1.13 bits per heavy atom. The molecule has 3 aromatic rings. The molecule has 0 bridgehead atoms. The summed E-state index contributed by atoms with van der Waals surface area (Å²) in [5, 5.41) is 0.927. The summed E-state index contributed by atoms with van der Waals surface area (Å²) >= 11 is 9.35. The molecule has 0 unspecified atom stereocenters. The highest BCUT2D eigenvalue weighted by atomic mass is 79.9. The molecule has 3 rings (SSSR count). The maximum atomic E-state index is 12.8. The second-order valence-corrected chi connectivity index (χ2v) is 8.27. The van der Waals surface area contributed by atoms with E-state index in [1.165, 1.54) is 0 Å². The van der Waals surface area contributed by atoms with Crippen molar-refractivity contribution in [2.45, 2.75) is 32.7 Å². The van der Waals surface area contributed by atoms with E-state index in [9.17, 15) is 14.4 Å². The molecule has 1 heterocycles. The van der Waals surface area contributed by atoms with Crippen molar-refractivity contribution in [3.63, 3.8) is 0 Å². The van der Waals surface area contributed by atoms with Crippen molar-refractivity contribution in [1.29, 1.82) is 0 Å². The minimum Gasteiger partial charge on any atom is -0.335 e. The van der Waals surface area contributed by atoms with Gasteiger partial charge in [-0.1, -0.05) is 46.6 Å². The van der Waals surface area contributed by atoms with Crippen LogP contribution >= 0.6 is 27.5 Å². The molecule has 0 spiro atoms. The molecular formula is C22H21BrClN3O3. The fourth-order valence-corrected chi connectivity index (χ4v) is 3.57. The number of rotatable bonds is 8. The average Bonchev–Trinajstić information content (AvgIpc) is 2.71. The lowest BCUT2D eigenvalue weighted by Gasteiger charge is -2.21. The quantitative estimate of drug-likeness (QED) is 0.462. The second kappa shape index (κ2) is 10.00. The van der Waals surface area contributed by atoms with Crippen LogP contribution in [0.2, 0.25) is 5.02 Å². The standard InChI is InChI=1S/C22H21BrClN3O3/c1-2-11-27(21(29)10-9-19(28)14-3-5-15(23)6-4-14)13-20-25-18-12-16(24)7-8-17(18)22(30)26-20/h3-8,12H,2,9-11,13H2,1H3,(H,25,26,30). The minimum atomic E-state index is -0.277. The van der Waals surface area contributed by atoms with Crippen LogP contribution in [0.5, 0.6) is 0 Å². The number of hydrogen-bond donors (Lipinski definition) is 1. The number of halogens is 2. The fraction of sp³-hybridized carbons (Fsp3) is 0.273. The predicted octanol–water partition coefficient (Wildman–Crippen LogP) is 4.74. The molecule has 0 saturated carbocycles. The number of nitrogens with zero attached hydrogens (tertiary/aromatic N) is 2. The van der Waals surface area contributed by atoms with Crippen LogP contribution in [0.4, 0.5) is 0 Å². The lowest BCUT2D eigenvalue weighted by Crippen LogP contribution is -2.33. The lowest BCUT2D eigenvalue weighted by molar-refractivity contribution is -0.131. The first kappa shape index (κ1) is 22.2. The molecule has 0 atom stereocenters. The number of benzene rings is 2. The number of aromatic amines is 1. The first-order valence-electron chi connectivity index (χ1n) is 9.62. The number of nitrogens with one attached hydrogen (secondary N) is 1. The van der Waals surface area contributed by atoms with Crippen LogP contribution in [0.3, 0.4) is 0 Å². The molecule has 2 aromatic carbocycles. The first-order valence-corrected chi connectivity index (χ1v) is 10.8. The SMILES string of the molecule is CCCN(Cc1nc2cc(Cl)ccc2c(=O)[nH]1)C(=O)CCC(=O)c1ccc(Br)cc1. The summed E-state index contributed by atoms with van der Waals surface area (Å²) in [6, 6.07) is 11.9. The zero-order valence-electron chi connectivity index (χ0n) is 16.5. The first-order chi connectivity index (χ1) is 14.4. The molecule has 0 aliphatic rings. The van der Waals surface area contributed by atoms with Crippen LogP contribution in [0.15, 0.2) is 51.7 Å². The highest BCUT2D eigenvalue weighted by Gasteiger charge is 2.17. The van der Waals surface area contributed by atoms with Gasteiger partial charge >= 0.3 is 0 Å². The summed E-state index contributed by atoms with van der Waals surface area (Å²) in [4.78, 5) is 46.2. The molecule has 6 nitrogen and oxygen atoms in total. The summed E-state index contributed by atoms with van der Waals surface area (Å²) in [6.45, 7) is 2.63. The monoisotopic (exact) mass is 489 g/mol. The Labute approximate surface area is 187 Å². The number of ketones is 1. The number of carbonyl (C=O) groups excluding carboxylic acids is 2. The van der Waals surface area contributed by atoms with E-state index in [4.69, 9.17) is 11.6 Å². The zero-order valence-corrected chi connectivity index (χ0v) is 18.8. The molecular weight excluding hydrogens is 470 g/mol. The van der Waals surface area contributed by atoms with Crippen molar-refractivity contribution < 1.29 is 9.59 Å². The number of hydrogen-bond acceptors (Lipinski definition) is 4. The molecule has 0 aliphatic heterocycles. The summed E-state index contributed by atoms with van der Waals surface area (Å²) < 4.78 is 0.891. The summed E-state index contributed by atoms with van der Waals surface area (Å²) in [5.41, 5.74) is 0.780. The Balaban J connectivity index is 1.71. The van der Waals surface area contributed by atoms with Crippen LogP contribution in [0.1, 0.15) is 42.4 Å². The van der Waals surface area contributed by atoms with Gasteiger partial charge in [-0.3, -0.25) is 14.4 Å². The molecule has 8 heteroatoms. The number of aromatic nitrogens is 2. The van der Waals surface area contributed by atoms with Gasteiger partial charge in [-0.25, -0.2) is 4.98 Å². The number of H-pyrrole nitrogens is 1. The van der Waals surface area contributed by atoms with Gasteiger partial charge in [-0.05, 0) is 36.8 Å². The van der Waals surface area contributed by atoms with Crippen molar-refractivity contribution in [3.8, 4) is 0 Å². The Kier molecular flexibility index (Phi) is 7.39. The normalized spacial score (nSPS) is 10.9. The fourth-order valence-electron chi connectivity index (χ4n) is 3.14. The molecule has 0 saturated heterocycles. The van der Waals surface area contributed by atoms with Gasteiger partial charge in [0.15, 0.2) is 5.78 Å². The van der Waals surface area contributed by atoms with Crippen molar-refractivity contribution >= 4 is 50.1 Å². The van der Waals surface area contributed by atoms with Crippen LogP contribution in [0, 0.1) is 0 Å². The third kappa shape index (κ3) is 5.55. The molecule has 1 amide bonds. The van der Waals surface area contributed by atoms with Crippen molar-refractivity contribution in [2.24, 2.45) is 0 Å². The van der Waals surface area contributed by atoms with E-state index in [-0.39, 0.29) is 36.6 Å². The van der Waals surface area contributed by atoms with Gasteiger partial charge < -0.3 is 9.88 Å². The molecule has 0 fully saturated rings. The van der Waals surface area contributed by atoms with Gasteiger partial charge in [0.1, 0.15) is 5.82 Å². The van der Waals surface area contributed by atoms with Gasteiger partial charge in [0.05, 0.1) is 17.4 Å². The maximum absolute atomic E-state index is 12.8. The van der Waals surface area contributed by atoms with E-state index < -0.39 is 0 Å². The number of Topliss-reactive ketones (excluding diaryl/α,β-unsaturated/α-hetero) is 1. The van der Waals surface area contributed by atoms with E-state index in [1.54, 1.807) is 47.4 Å². The van der Waals surface area contributed by atoms with Gasteiger partial charge in [-0.2, -0.15) is 0 Å². The van der Waals surface area contributed by atoms with Crippen LogP contribution < -0.4 is 5.56 Å². The minimum absolute atomic E-state index is 0.0841. The smallest absolute Gasteiger partial charge is 0.258 e. The molecule has 1 aromatic heterocycles. The van der Waals surface area contributed by atoms with Crippen LogP contribution in [0.25, 0.3) is 10.9 Å². The van der Waals surface area contributed by atoms with Crippen molar-refractivity contribution in [2.75, 3.05) is 6.54 Å². The maximum Gasteiger partial charge on any atom is 0.258 e. The molecule has 156 valence electrons. The number of fused-ring (bicyclic) bond motifs is 1. The van der Waals surface area contributed by atoms with E-state index in [2.05, 4.69) is 25.9 Å². The van der Waals surface area contributed by atoms with Crippen molar-refractivity contribution in [3.05, 3.63) is 73.7 Å². The lowest BCUT2D eigenvalue weighted by atomic mass is 10.1. The van der Waals surface area contributed by atoms with Crippen LogP contribution in [-0.4, -0.2) is 33.1 Å². The third-order valence-corrected chi connectivity index (χ3v) is 5.40. The summed E-state index contributed by atoms with van der Waals surface area (Å²) in [6.07, 6.45) is 0.965. The molecule has 1 N–H and O–H groups in total. The van der Waals surface area contributed by atoms with Gasteiger partial charge in [0.2, 0.25) is 5.91 Å². The zero-order chi connectivity index (χ0) is 21.7. The third-order valence-electron chi connectivity index (χ3n) is 4.64. The topological polar surface area (TPSA) is 83.1 Å². The van der Waals surface area contributed by atoms with Gasteiger partial charge in [0, 0.05) is 34.4 Å². The average molecular weight is 491 g/mol. The van der Waals surface area contributed by atoms with E-state index in [0.29, 0.717) is 33.9 Å². The Bertz CT molecular complexity index is 1130. The Morgan fingerprint density at radius 2 is 1.87 bits per heavy atom. The second-order valence-electron chi connectivity index (χ2n) is 6.92. The largest absolute Gasteiger partial charge is 0.335 e. The molecule has 0 radical (unpaired) electrons. The van der Waals surface area contributed by atoms with Crippen LogP contribution in [-0.2, 0) is 11.3 Å². The summed E-state index contributed by atoms with van der Waals surface area (Å²) in [7, 11) is 0. The Hall–Kier alpha value is -2.51. The van der Waals surface area contributed by atoms with E-state index in [1.807, 2.05) is 6.92 Å². The molecule has 30 heavy (non-hydrogen) atoms. The highest BCUT2D eigenvalue weighted by Crippen LogP contribution is 2.16. The predicted molar refractivity (Wildman–Crippen MR) is 121 cm³/mol. The Morgan fingerprint density at radius 3 is 2.57 bits per heavy atom. The number of carbonyl (C=O) groups is 2. The van der Waals surface area contributed by atoms with Crippen molar-refractivity contribution in [1.82, 2.24) is 14.9 Å². The highest BCUT2D eigenvalue weighted by molar-refractivity contribution is 9.10. The number of amides is 1. The van der Waals surface area contributed by atoms with E-state index in [0.717, 1.165) is 10.9 Å². The molecule has 0 aliphatic carbocycles. The van der Waals surface area contributed by atoms with E-state index >= 15 is 0 Å².